The molecule has 7 heteroatoms. The van der Waals surface area contributed by atoms with Gasteiger partial charge in [0.25, 0.3) is 5.91 Å². The molecule has 0 fully saturated rings. The largest absolute Gasteiger partial charge is 0.493 e. The van der Waals surface area contributed by atoms with Crippen molar-refractivity contribution in [2.45, 2.75) is 46.5 Å². The number of thiocarbonyl (C=S) groups is 1. The normalized spacial score (nSPS) is 10.6. The van der Waals surface area contributed by atoms with E-state index < -0.39 is 0 Å². The third-order valence-electron chi connectivity index (χ3n) is 4.36. The first-order chi connectivity index (χ1) is 14.9. The van der Waals surface area contributed by atoms with Crippen molar-refractivity contribution in [2.75, 3.05) is 18.5 Å². The lowest BCUT2D eigenvalue weighted by molar-refractivity contribution is 0.0973. The Bertz CT molecular complexity index is 856. The molecule has 0 spiro atoms. The zero-order valence-electron chi connectivity index (χ0n) is 18.4. The second-order valence-electron chi connectivity index (χ2n) is 7.69. The van der Waals surface area contributed by atoms with Gasteiger partial charge in [0.05, 0.1) is 18.8 Å². The number of halogens is 1. The average molecular weight is 507 g/mol. The Morgan fingerprint density at radius 3 is 2.48 bits per heavy atom. The standard InChI is InChI=1S/C24H31BrN2O3S/c1-4-5-6-7-14-29-22-13-8-18(25)15-21(22)23(28)27-24(31)26-19-9-11-20(12-10-19)30-16-17(2)3/h8-13,15,17H,4-7,14,16H2,1-3H3,(H2,26,27,28,31). The highest BCUT2D eigenvalue weighted by Crippen LogP contribution is 2.24. The molecule has 5 nitrogen and oxygen atoms in total. The monoisotopic (exact) mass is 506 g/mol. The zero-order valence-corrected chi connectivity index (χ0v) is 20.8. The number of ether oxygens (including phenoxy) is 2. The molecule has 168 valence electrons. The summed E-state index contributed by atoms with van der Waals surface area (Å²) in [6, 6.07) is 12.8. The van der Waals surface area contributed by atoms with Gasteiger partial charge in [-0.05, 0) is 67.0 Å². The Kier molecular flexibility index (Phi) is 10.8. The molecule has 2 rings (SSSR count). The minimum atomic E-state index is -0.320. The average Bonchev–Trinajstić information content (AvgIpc) is 2.73. The van der Waals surface area contributed by atoms with Crippen molar-refractivity contribution in [3.63, 3.8) is 0 Å². The number of unbranched alkanes of at least 4 members (excludes halogenated alkanes) is 3. The van der Waals surface area contributed by atoms with Gasteiger partial charge in [0, 0.05) is 10.2 Å². The fourth-order valence-corrected chi connectivity index (χ4v) is 3.32. The SMILES string of the molecule is CCCCCCOc1ccc(Br)cc1C(=O)NC(=S)Nc1ccc(OCC(C)C)cc1. The molecule has 0 bridgehead atoms. The number of hydrogen-bond donors (Lipinski definition) is 2. The van der Waals surface area contributed by atoms with Gasteiger partial charge in [-0.25, -0.2) is 0 Å². The summed E-state index contributed by atoms with van der Waals surface area (Å²) in [6.45, 7) is 7.62. The fourth-order valence-electron chi connectivity index (χ4n) is 2.75. The number of carbonyl (C=O) groups is 1. The highest BCUT2D eigenvalue weighted by atomic mass is 79.9. The molecule has 0 saturated carbocycles. The highest BCUT2D eigenvalue weighted by Gasteiger charge is 2.15. The summed E-state index contributed by atoms with van der Waals surface area (Å²) in [6.07, 6.45) is 4.43. The van der Waals surface area contributed by atoms with E-state index >= 15 is 0 Å². The Balaban J connectivity index is 1.93. The summed E-state index contributed by atoms with van der Waals surface area (Å²) in [5, 5.41) is 5.97. The highest BCUT2D eigenvalue weighted by molar-refractivity contribution is 9.10. The van der Waals surface area contributed by atoms with Gasteiger partial charge in [0.2, 0.25) is 0 Å². The van der Waals surface area contributed by atoms with E-state index in [-0.39, 0.29) is 11.0 Å². The number of amides is 1. The van der Waals surface area contributed by atoms with Gasteiger partial charge >= 0.3 is 0 Å². The lowest BCUT2D eigenvalue weighted by Gasteiger charge is -2.14. The van der Waals surface area contributed by atoms with E-state index in [2.05, 4.69) is 47.3 Å². The molecule has 0 atom stereocenters. The summed E-state index contributed by atoms with van der Waals surface area (Å²) in [5.41, 5.74) is 1.20. The van der Waals surface area contributed by atoms with Gasteiger partial charge in [0.15, 0.2) is 5.11 Å². The molecule has 0 saturated heterocycles. The minimum absolute atomic E-state index is 0.217. The van der Waals surface area contributed by atoms with Crippen molar-refractivity contribution >= 4 is 44.9 Å². The first-order valence-electron chi connectivity index (χ1n) is 10.7. The molecule has 0 radical (unpaired) electrons. The Morgan fingerprint density at radius 1 is 1.06 bits per heavy atom. The van der Waals surface area contributed by atoms with Crippen molar-refractivity contribution in [3.8, 4) is 11.5 Å². The number of benzene rings is 2. The van der Waals surface area contributed by atoms with E-state index in [4.69, 9.17) is 21.7 Å². The number of nitrogens with one attached hydrogen (secondary N) is 2. The van der Waals surface area contributed by atoms with Crippen LogP contribution < -0.4 is 20.1 Å². The molecule has 0 aliphatic heterocycles. The van der Waals surface area contributed by atoms with Crippen LogP contribution in [0.4, 0.5) is 5.69 Å². The second-order valence-corrected chi connectivity index (χ2v) is 9.01. The lowest BCUT2D eigenvalue weighted by atomic mass is 10.2. The number of carbonyl (C=O) groups excluding carboxylic acids is 1. The maximum atomic E-state index is 12.8. The van der Waals surface area contributed by atoms with E-state index in [0.29, 0.717) is 30.4 Å². The van der Waals surface area contributed by atoms with Crippen LogP contribution in [0.2, 0.25) is 0 Å². The van der Waals surface area contributed by atoms with Gasteiger partial charge < -0.3 is 14.8 Å². The topological polar surface area (TPSA) is 59.6 Å². The number of anilines is 1. The van der Waals surface area contributed by atoms with E-state index in [9.17, 15) is 4.79 Å². The fraction of sp³-hybridized carbons (Fsp3) is 0.417. The number of hydrogen-bond acceptors (Lipinski definition) is 4. The molecule has 0 unspecified atom stereocenters. The maximum absolute atomic E-state index is 12.8. The predicted molar refractivity (Wildman–Crippen MR) is 134 cm³/mol. The Hall–Kier alpha value is -2.12. The molecule has 0 aliphatic rings. The second kappa shape index (κ2) is 13.3. The van der Waals surface area contributed by atoms with Gasteiger partial charge in [0.1, 0.15) is 11.5 Å². The molecular formula is C24H31BrN2O3S. The van der Waals surface area contributed by atoms with Crippen molar-refractivity contribution in [3.05, 3.63) is 52.5 Å². The Morgan fingerprint density at radius 2 is 1.81 bits per heavy atom. The first kappa shape index (κ1) is 25.1. The molecule has 31 heavy (non-hydrogen) atoms. The van der Waals surface area contributed by atoms with Gasteiger partial charge in [-0.3, -0.25) is 10.1 Å². The molecular weight excluding hydrogens is 476 g/mol. The van der Waals surface area contributed by atoms with Crippen LogP contribution in [0.1, 0.15) is 56.8 Å². The van der Waals surface area contributed by atoms with Crippen LogP contribution >= 0.6 is 28.1 Å². The molecule has 1 amide bonds. The predicted octanol–water partition coefficient (Wildman–Crippen LogP) is 6.57. The summed E-state index contributed by atoms with van der Waals surface area (Å²) in [4.78, 5) is 12.8. The van der Waals surface area contributed by atoms with Gasteiger partial charge in [-0.15, -0.1) is 0 Å². The van der Waals surface area contributed by atoms with Crippen LogP contribution in [0.5, 0.6) is 11.5 Å². The third-order valence-corrected chi connectivity index (χ3v) is 5.06. The van der Waals surface area contributed by atoms with Crippen LogP contribution in [0.25, 0.3) is 0 Å². The third kappa shape index (κ3) is 9.27. The van der Waals surface area contributed by atoms with E-state index in [1.807, 2.05) is 30.3 Å². The molecule has 2 N–H and O–H groups in total. The van der Waals surface area contributed by atoms with Crippen molar-refractivity contribution in [1.29, 1.82) is 0 Å². The van der Waals surface area contributed by atoms with Crippen LogP contribution in [0.3, 0.4) is 0 Å². The molecule has 2 aromatic rings. The first-order valence-corrected chi connectivity index (χ1v) is 11.9. The lowest BCUT2D eigenvalue weighted by Crippen LogP contribution is -2.34. The van der Waals surface area contributed by atoms with Crippen LogP contribution in [-0.4, -0.2) is 24.2 Å². The smallest absolute Gasteiger partial charge is 0.261 e. The van der Waals surface area contributed by atoms with E-state index in [1.165, 1.54) is 12.8 Å². The maximum Gasteiger partial charge on any atom is 0.261 e. The molecule has 2 aromatic carbocycles. The zero-order chi connectivity index (χ0) is 22.6. The van der Waals surface area contributed by atoms with E-state index in [0.717, 1.165) is 28.8 Å². The summed E-state index contributed by atoms with van der Waals surface area (Å²) >= 11 is 8.73. The Labute approximate surface area is 199 Å². The van der Waals surface area contributed by atoms with Crippen LogP contribution in [0, 0.1) is 5.92 Å². The summed E-state index contributed by atoms with van der Waals surface area (Å²) in [7, 11) is 0. The molecule has 0 aromatic heterocycles. The molecule has 0 aliphatic carbocycles. The van der Waals surface area contributed by atoms with Crippen molar-refractivity contribution in [1.82, 2.24) is 5.32 Å². The molecule has 0 heterocycles. The van der Waals surface area contributed by atoms with Gasteiger partial charge in [-0.2, -0.15) is 0 Å². The van der Waals surface area contributed by atoms with E-state index in [1.54, 1.807) is 12.1 Å². The minimum Gasteiger partial charge on any atom is -0.493 e. The quantitative estimate of drug-likeness (QED) is 0.266. The van der Waals surface area contributed by atoms with Crippen LogP contribution in [0.15, 0.2) is 46.9 Å². The van der Waals surface area contributed by atoms with Crippen molar-refractivity contribution in [2.24, 2.45) is 5.92 Å². The summed E-state index contributed by atoms with van der Waals surface area (Å²) in [5.74, 6) is 1.48. The van der Waals surface area contributed by atoms with Crippen molar-refractivity contribution < 1.29 is 14.3 Å². The number of rotatable bonds is 11. The van der Waals surface area contributed by atoms with Crippen LogP contribution in [-0.2, 0) is 0 Å². The van der Waals surface area contributed by atoms with Gasteiger partial charge in [-0.1, -0.05) is 56.0 Å². The summed E-state index contributed by atoms with van der Waals surface area (Å²) < 4.78 is 12.3.